The Hall–Kier alpha value is -2.67. The van der Waals surface area contributed by atoms with E-state index in [4.69, 9.17) is 14.3 Å². The van der Waals surface area contributed by atoms with Crippen LogP contribution < -0.4 is 5.32 Å². The number of carbonyl (C=O) groups is 2. The van der Waals surface area contributed by atoms with Crippen molar-refractivity contribution in [3.05, 3.63) is 41.9 Å². The first-order chi connectivity index (χ1) is 12.5. The van der Waals surface area contributed by atoms with E-state index in [9.17, 15) is 9.59 Å². The number of nitrogens with zero attached hydrogens (tertiary/aromatic N) is 1. The second-order valence-electron chi connectivity index (χ2n) is 6.69. The topological polar surface area (TPSA) is 102 Å². The van der Waals surface area contributed by atoms with Crippen LogP contribution in [0.5, 0.6) is 0 Å². The first-order valence-electron chi connectivity index (χ1n) is 8.58. The van der Waals surface area contributed by atoms with Crippen molar-refractivity contribution in [2.24, 2.45) is 0 Å². The average Bonchev–Trinajstić information content (AvgIpc) is 3.23. The Morgan fingerprint density at radius 1 is 1.31 bits per heavy atom. The zero-order valence-corrected chi connectivity index (χ0v) is 14.7. The lowest BCUT2D eigenvalue weighted by Gasteiger charge is -2.26. The molecule has 7 nitrogen and oxygen atoms in total. The van der Waals surface area contributed by atoms with Crippen molar-refractivity contribution in [3.8, 4) is 11.3 Å². The summed E-state index contributed by atoms with van der Waals surface area (Å²) in [5.41, 5.74) is 1.28. The molecule has 1 aromatic carbocycles. The Morgan fingerprint density at radius 3 is 2.73 bits per heavy atom. The van der Waals surface area contributed by atoms with Crippen molar-refractivity contribution >= 4 is 11.9 Å². The number of hydrogen-bond donors (Lipinski definition) is 2. The zero-order chi connectivity index (χ0) is 18.6. The van der Waals surface area contributed by atoms with Crippen molar-refractivity contribution in [2.75, 3.05) is 13.2 Å². The summed E-state index contributed by atoms with van der Waals surface area (Å²) >= 11 is 0. The summed E-state index contributed by atoms with van der Waals surface area (Å²) in [4.78, 5) is 27.5. The van der Waals surface area contributed by atoms with Crippen LogP contribution in [0.25, 0.3) is 11.3 Å². The van der Waals surface area contributed by atoms with Crippen molar-refractivity contribution < 1.29 is 23.8 Å². The monoisotopic (exact) mass is 358 g/mol. The van der Waals surface area contributed by atoms with Crippen LogP contribution >= 0.6 is 0 Å². The van der Waals surface area contributed by atoms with Crippen LogP contribution in [-0.2, 0) is 20.7 Å². The molecule has 0 saturated carbocycles. The standard InChI is InChI=1S/C19H22N2O5/c1-13-2-4-14(5-3-13)15-11-20-17(26-15)7-6-16(22)21-19(10-18(23)24)8-9-25-12-19/h2-5,11H,6-10,12H2,1H3,(H,21,22)(H,23,24). The number of rotatable bonds is 7. The summed E-state index contributed by atoms with van der Waals surface area (Å²) in [5, 5.41) is 11.9. The molecule has 1 aromatic heterocycles. The van der Waals surface area contributed by atoms with Gasteiger partial charge in [0.1, 0.15) is 0 Å². The molecule has 0 aliphatic carbocycles. The smallest absolute Gasteiger partial charge is 0.305 e. The molecule has 3 rings (SSSR count). The number of hydrogen-bond acceptors (Lipinski definition) is 5. The fourth-order valence-electron chi connectivity index (χ4n) is 3.03. The fourth-order valence-corrected chi connectivity index (χ4v) is 3.03. The highest BCUT2D eigenvalue weighted by atomic mass is 16.5. The number of aliphatic carboxylic acids is 1. The molecule has 138 valence electrons. The molecule has 1 atom stereocenters. The predicted octanol–water partition coefficient (Wildman–Crippen LogP) is 2.33. The first kappa shape index (κ1) is 18.1. The van der Waals surface area contributed by atoms with Gasteiger partial charge in [0.15, 0.2) is 11.7 Å². The molecule has 2 heterocycles. The number of oxazole rings is 1. The van der Waals surface area contributed by atoms with Crippen LogP contribution in [0.1, 0.15) is 30.7 Å². The van der Waals surface area contributed by atoms with Crippen molar-refractivity contribution in [1.82, 2.24) is 10.3 Å². The summed E-state index contributed by atoms with van der Waals surface area (Å²) < 4.78 is 11.0. The lowest BCUT2D eigenvalue weighted by atomic mass is 9.94. The molecule has 0 radical (unpaired) electrons. The maximum absolute atomic E-state index is 12.2. The highest BCUT2D eigenvalue weighted by Crippen LogP contribution is 2.24. The molecule has 1 aliphatic rings. The largest absolute Gasteiger partial charge is 0.481 e. The minimum absolute atomic E-state index is 0.144. The molecule has 1 saturated heterocycles. The quantitative estimate of drug-likeness (QED) is 0.788. The summed E-state index contributed by atoms with van der Waals surface area (Å²) in [6.07, 6.45) is 2.53. The maximum atomic E-state index is 12.2. The molecule has 0 bridgehead atoms. The van der Waals surface area contributed by atoms with E-state index < -0.39 is 11.5 Å². The van der Waals surface area contributed by atoms with Gasteiger partial charge in [0.2, 0.25) is 5.91 Å². The predicted molar refractivity (Wildman–Crippen MR) is 93.6 cm³/mol. The van der Waals surface area contributed by atoms with E-state index in [1.54, 1.807) is 6.20 Å². The summed E-state index contributed by atoms with van der Waals surface area (Å²) in [7, 11) is 0. The number of carbonyl (C=O) groups excluding carboxylic acids is 1. The van der Waals surface area contributed by atoms with E-state index in [1.165, 1.54) is 0 Å². The summed E-state index contributed by atoms with van der Waals surface area (Å²) in [6, 6.07) is 7.91. The van der Waals surface area contributed by atoms with Gasteiger partial charge in [0.05, 0.1) is 24.8 Å². The molecule has 1 amide bonds. The molecule has 2 N–H and O–H groups in total. The van der Waals surface area contributed by atoms with Gasteiger partial charge in [-0.2, -0.15) is 0 Å². The first-order valence-corrected chi connectivity index (χ1v) is 8.58. The van der Waals surface area contributed by atoms with Gasteiger partial charge in [-0.05, 0) is 13.3 Å². The van der Waals surface area contributed by atoms with Crippen molar-refractivity contribution in [3.63, 3.8) is 0 Å². The Kier molecular flexibility index (Phi) is 5.37. The summed E-state index contributed by atoms with van der Waals surface area (Å²) in [5.74, 6) is -0.0456. The van der Waals surface area contributed by atoms with Gasteiger partial charge in [-0.25, -0.2) is 4.98 Å². The van der Waals surface area contributed by atoms with Crippen molar-refractivity contribution in [1.29, 1.82) is 0 Å². The Labute approximate surface area is 151 Å². The Bertz CT molecular complexity index is 775. The van der Waals surface area contributed by atoms with E-state index in [0.717, 1.165) is 11.1 Å². The maximum Gasteiger partial charge on any atom is 0.305 e. The minimum Gasteiger partial charge on any atom is -0.481 e. The second-order valence-corrected chi connectivity index (χ2v) is 6.69. The van der Waals surface area contributed by atoms with Gasteiger partial charge in [-0.3, -0.25) is 9.59 Å². The van der Waals surface area contributed by atoms with Gasteiger partial charge in [0, 0.05) is 25.0 Å². The Morgan fingerprint density at radius 2 is 2.08 bits per heavy atom. The van der Waals surface area contributed by atoms with Crippen LogP contribution in [0.15, 0.2) is 34.9 Å². The molecule has 1 fully saturated rings. The fraction of sp³-hybridized carbons (Fsp3) is 0.421. The molecule has 1 aliphatic heterocycles. The van der Waals surface area contributed by atoms with E-state index in [0.29, 0.717) is 31.1 Å². The summed E-state index contributed by atoms with van der Waals surface area (Å²) in [6.45, 7) is 2.69. The van der Waals surface area contributed by atoms with E-state index in [-0.39, 0.29) is 25.4 Å². The van der Waals surface area contributed by atoms with Gasteiger partial charge < -0.3 is 19.6 Å². The number of ether oxygens (including phenoxy) is 1. The highest BCUT2D eigenvalue weighted by molar-refractivity contribution is 5.78. The third kappa shape index (κ3) is 4.49. The number of nitrogens with one attached hydrogen (secondary N) is 1. The SMILES string of the molecule is Cc1ccc(-c2cnc(CCC(=O)NC3(CC(=O)O)CCOC3)o2)cc1. The lowest BCUT2D eigenvalue weighted by molar-refractivity contribution is -0.139. The average molecular weight is 358 g/mol. The number of carboxylic acid groups (broad SMARTS) is 1. The van der Waals surface area contributed by atoms with E-state index in [2.05, 4.69) is 10.3 Å². The second kappa shape index (κ2) is 7.70. The minimum atomic E-state index is -0.953. The molecular formula is C19H22N2O5. The third-order valence-electron chi connectivity index (χ3n) is 4.45. The van der Waals surface area contributed by atoms with E-state index >= 15 is 0 Å². The normalized spacial score (nSPS) is 19.4. The van der Waals surface area contributed by atoms with Gasteiger partial charge in [-0.15, -0.1) is 0 Å². The Balaban J connectivity index is 1.56. The van der Waals surface area contributed by atoms with Crippen LogP contribution in [0.2, 0.25) is 0 Å². The van der Waals surface area contributed by atoms with Crippen LogP contribution in [0, 0.1) is 6.92 Å². The third-order valence-corrected chi connectivity index (χ3v) is 4.45. The molecular weight excluding hydrogens is 336 g/mol. The molecule has 26 heavy (non-hydrogen) atoms. The van der Waals surface area contributed by atoms with Gasteiger partial charge >= 0.3 is 5.97 Å². The van der Waals surface area contributed by atoms with Crippen LogP contribution in [0.4, 0.5) is 0 Å². The van der Waals surface area contributed by atoms with Crippen LogP contribution in [0.3, 0.4) is 0 Å². The molecule has 2 aromatic rings. The van der Waals surface area contributed by atoms with E-state index in [1.807, 2.05) is 31.2 Å². The number of benzene rings is 1. The van der Waals surface area contributed by atoms with Crippen molar-refractivity contribution in [2.45, 2.75) is 38.1 Å². The lowest BCUT2D eigenvalue weighted by Crippen LogP contribution is -2.50. The molecule has 0 spiro atoms. The molecule has 1 unspecified atom stereocenters. The number of carboxylic acids is 1. The number of amides is 1. The van der Waals surface area contributed by atoms with Crippen LogP contribution in [-0.4, -0.2) is 40.7 Å². The highest BCUT2D eigenvalue weighted by Gasteiger charge is 2.38. The number of aryl methyl sites for hydroxylation is 2. The number of aromatic nitrogens is 1. The van der Waals surface area contributed by atoms with Gasteiger partial charge in [0.25, 0.3) is 0 Å². The molecule has 7 heteroatoms. The van der Waals surface area contributed by atoms with Gasteiger partial charge in [-0.1, -0.05) is 29.8 Å². The zero-order valence-electron chi connectivity index (χ0n) is 14.7.